The fourth-order valence-corrected chi connectivity index (χ4v) is 3.15. The number of nitrogens with zero attached hydrogens (tertiary/aromatic N) is 2. The van der Waals surface area contributed by atoms with E-state index in [1.807, 2.05) is 40.8 Å². The van der Waals surface area contributed by atoms with Crippen molar-refractivity contribution in [2.45, 2.75) is 67.0 Å². The molecular formula is C25H45N5O3. The maximum absolute atomic E-state index is 11.6. The lowest BCUT2D eigenvalue weighted by atomic mass is 9.92. The second-order valence-electron chi connectivity index (χ2n) is 8.56. The maximum atomic E-state index is 11.6. The molecule has 1 fully saturated rings. The van der Waals surface area contributed by atoms with Gasteiger partial charge in [0.2, 0.25) is 5.91 Å². The highest BCUT2D eigenvalue weighted by atomic mass is 16.3. The summed E-state index contributed by atoms with van der Waals surface area (Å²) in [6.07, 6.45) is 2.92. The molecule has 1 aliphatic heterocycles. The number of amides is 1. The number of β-amino-alcohol motifs (C(OH)–C–C–N with tert-alkyl or cyclic N) is 1. The van der Waals surface area contributed by atoms with Crippen molar-refractivity contribution < 1.29 is 14.7 Å². The first kappa shape index (κ1) is 32.8. The molecule has 1 saturated heterocycles. The third kappa shape index (κ3) is 13.7. The fourth-order valence-electron chi connectivity index (χ4n) is 3.15. The summed E-state index contributed by atoms with van der Waals surface area (Å²) < 4.78 is 0. The van der Waals surface area contributed by atoms with Gasteiger partial charge in [0, 0.05) is 43.3 Å². The average Bonchev–Trinajstić information content (AvgIpc) is 3.24. The molecule has 188 valence electrons. The Morgan fingerprint density at radius 2 is 1.82 bits per heavy atom. The number of fused-ring (bicyclic) bond motifs is 1. The molecule has 6 N–H and O–H groups in total. The monoisotopic (exact) mass is 463 g/mol. The zero-order valence-corrected chi connectivity index (χ0v) is 21.5. The van der Waals surface area contributed by atoms with Crippen LogP contribution in [0.5, 0.6) is 0 Å². The van der Waals surface area contributed by atoms with E-state index < -0.39 is 0 Å². The van der Waals surface area contributed by atoms with E-state index in [9.17, 15) is 9.90 Å². The minimum absolute atomic E-state index is 0.0463. The molecule has 0 aliphatic carbocycles. The predicted molar refractivity (Wildman–Crippen MR) is 137 cm³/mol. The summed E-state index contributed by atoms with van der Waals surface area (Å²) in [4.78, 5) is 25.6. The number of rotatable bonds is 3. The van der Waals surface area contributed by atoms with Gasteiger partial charge < -0.3 is 20.1 Å². The van der Waals surface area contributed by atoms with Crippen LogP contribution in [0.1, 0.15) is 58.7 Å². The van der Waals surface area contributed by atoms with Gasteiger partial charge in [-0.15, -0.1) is 0 Å². The molecule has 0 bridgehead atoms. The maximum Gasteiger partial charge on any atom is 0.223 e. The summed E-state index contributed by atoms with van der Waals surface area (Å²) >= 11 is 0. The summed E-state index contributed by atoms with van der Waals surface area (Å²) in [6.45, 7) is 16.3. The number of benzene rings is 1. The molecule has 8 heteroatoms. The molecule has 8 nitrogen and oxygen atoms in total. The Hall–Kier alpha value is -2.39. The number of aliphatic hydroxyl groups excluding tert-OH is 1. The van der Waals surface area contributed by atoms with Gasteiger partial charge >= 0.3 is 0 Å². The van der Waals surface area contributed by atoms with Crippen LogP contribution in [0.3, 0.4) is 0 Å². The first-order valence-corrected chi connectivity index (χ1v) is 11.3. The molecule has 0 saturated carbocycles. The molecular weight excluding hydrogens is 418 g/mol. The molecule has 1 unspecified atom stereocenters. The molecule has 1 aliphatic rings. The Balaban J connectivity index is 0. The van der Waals surface area contributed by atoms with Crippen LogP contribution in [0.2, 0.25) is 0 Å². The highest BCUT2D eigenvalue weighted by molar-refractivity contribution is 5.82. The van der Waals surface area contributed by atoms with Gasteiger partial charge in [0.05, 0.1) is 6.10 Å². The number of carbonyl (C=O) groups is 2. The normalized spacial score (nSPS) is 14.4. The average molecular weight is 464 g/mol. The van der Waals surface area contributed by atoms with Crippen molar-refractivity contribution >= 4 is 23.5 Å². The zero-order valence-electron chi connectivity index (χ0n) is 21.5. The quantitative estimate of drug-likeness (QED) is 0.406. The Morgan fingerprint density at radius 1 is 1.21 bits per heavy atom. The molecule has 2 heterocycles. The predicted octanol–water partition coefficient (Wildman–Crippen LogP) is 2.94. The topological polar surface area (TPSA) is 135 Å². The second kappa shape index (κ2) is 18.1. The van der Waals surface area contributed by atoms with Crippen LogP contribution in [-0.4, -0.2) is 53.9 Å². The lowest BCUT2D eigenvalue weighted by molar-refractivity contribution is -0.132. The van der Waals surface area contributed by atoms with Crippen molar-refractivity contribution in [2.24, 2.45) is 17.1 Å². The summed E-state index contributed by atoms with van der Waals surface area (Å²) in [5.74, 6) is 8.17. The van der Waals surface area contributed by atoms with E-state index in [1.54, 1.807) is 4.90 Å². The number of hydrazine groups is 1. The van der Waals surface area contributed by atoms with Crippen LogP contribution in [0.15, 0.2) is 30.5 Å². The Bertz CT molecular complexity index is 793. The van der Waals surface area contributed by atoms with Crippen LogP contribution >= 0.6 is 0 Å². The lowest BCUT2D eigenvalue weighted by Gasteiger charge is -2.22. The van der Waals surface area contributed by atoms with Crippen molar-refractivity contribution in [3.8, 4) is 0 Å². The number of aromatic nitrogens is 1. The SMILES string of the molecule is C=O.CC.CC(C)(C)CC(=O)N1CCC(O)C1.CNCc1ccc2cnc(C)cc2c1.NN. The van der Waals surface area contributed by atoms with E-state index in [0.717, 1.165) is 25.2 Å². The van der Waals surface area contributed by atoms with Gasteiger partial charge in [0.25, 0.3) is 0 Å². The molecule has 1 aromatic carbocycles. The number of hydrogen-bond donors (Lipinski definition) is 4. The molecule has 0 spiro atoms. The summed E-state index contributed by atoms with van der Waals surface area (Å²) in [5.41, 5.74) is 2.43. The third-order valence-electron chi connectivity index (χ3n) is 4.50. The van der Waals surface area contributed by atoms with Crippen LogP contribution in [0.25, 0.3) is 10.8 Å². The van der Waals surface area contributed by atoms with Gasteiger partial charge in [-0.1, -0.05) is 46.8 Å². The summed E-state index contributed by atoms with van der Waals surface area (Å²) in [6, 6.07) is 8.58. The van der Waals surface area contributed by atoms with Crippen LogP contribution in [0, 0.1) is 12.3 Å². The molecule has 33 heavy (non-hydrogen) atoms. The summed E-state index contributed by atoms with van der Waals surface area (Å²) in [7, 11) is 1.96. The van der Waals surface area contributed by atoms with Crippen LogP contribution < -0.4 is 17.0 Å². The number of nitrogens with two attached hydrogens (primary N) is 2. The number of nitrogens with one attached hydrogen (secondary N) is 1. The van der Waals surface area contributed by atoms with Crippen molar-refractivity contribution in [1.82, 2.24) is 15.2 Å². The van der Waals surface area contributed by atoms with Gasteiger partial charge in [-0.3, -0.25) is 21.5 Å². The third-order valence-corrected chi connectivity index (χ3v) is 4.50. The first-order valence-electron chi connectivity index (χ1n) is 11.3. The molecule has 3 rings (SSSR count). The standard InChI is InChI=1S/C12H14N2.C10H19NO2.C2H6.CH2O.H4N2/c1-9-5-12-6-10(7-13-2)3-4-11(12)8-14-9;1-10(2,3)6-9(13)11-5-4-8(12)7-11;3*1-2/h3-6,8,13H,7H2,1-2H3;8,12H,4-7H2,1-3H3;1-2H3;1H2;1-2H2. The zero-order chi connectivity index (χ0) is 26.0. The minimum Gasteiger partial charge on any atom is -0.391 e. The van der Waals surface area contributed by atoms with E-state index in [1.165, 1.54) is 16.3 Å². The summed E-state index contributed by atoms with van der Waals surface area (Å²) in [5, 5.41) is 14.9. The number of hydrogen-bond acceptors (Lipinski definition) is 7. The molecule has 1 amide bonds. The molecule has 1 aromatic heterocycles. The van der Waals surface area contributed by atoms with E-state index >= 15 is 0 Å². The first-order chi connectivity index (χ1) is 15.7. The largest absolute Gasteiger partial charge is 0.391 e. The number of pyridine rings is 1. The molecule has 1 atom stereocenters. The van der Waals surface area contributed by atoms with E-state index in [4.69, 9.17) is 4.79 Å². The number of carbonyl (C=O) groups excluding carboxylic acids is 2. The van der Waals surface area contributed by atoms with Crippen LogP contribution in [-0.2, 0) is 16.1 Å². The van der Waals surface area contributed by atoms with Crippen molar-refractivity contribution in [1.29, 1.82) is 0 Å². The van der Waals surface area contributed by atoms with Crippen molar-refractivity contribution in [3.05, 3.63) is 41.7 Å². The van der Waals surface area contributed by atoms with E-state index in [-0.39, 0.29) is 17.4 Å². The Kier molecular flexibility index (Phi) is 18.0. The fraction of sp³-hybridized carbons (Fsp3) is 0.560. The molecule has 0 radical (unpaired) electrons. The highest BCUT2D eigenvalue weighted by Crippen LogP contribution is 2.21. The van der Waals surface area contributed by atoms with Gasteiger partial charge in [0.15, 0.2) is 0 Å². The van der Waals surface area contributed by atoms with Crippen molar-refractivity contribution in [3.63, 3.8) is 0 Å². The Labute approximate surface area is 199 Å². The minimum atomic E-state index is -0.302. The smallest absolute Gasteiger partial charge is 0.223 e. The van der Waals surface area contributed by atoms with Gasteiger partial charge in [0.1, 0.15) is 6.79 Å². The number of aryl methyl sites for hydroxylation is 1. The van der Waals surface area contributed by atoms with Crippen LogP contribution in [0.4, 0.5) is 0 Å². The van der Waals surface area contributed by atoms with Gasteiger partial charge in [-0.25, -0.2) is 0 Å². The second-order valence-corrected chi connectivity index (χ2v) is 8.56. The highest BCUT2D eigenvalue weighted by Gasteiger charge is 2.27. The van der Waals surface area contributed by atoms with E-state index in [0.29, 0.717) is 13.0 Å². The number of likely N-dealkylation sites (tertiary alicyclic amines) is 1. The number of aliphatic hydroxyl groups is 1. The van der Waals surface area contributed by atoms with E-state index in [2.05, 4.69) is 67.0 Å². The lowest BCUT2D eigenvalue weighted by Crippen LogP contribution is -2.32. The Morgan fingerprint density at radius 3 is 2.30 bits per heavy atom. The van der Waals surface area contributed by atoms with Crippen molar-refractivity contribution in [2.75, 3.05) is 20.1 Å². The van der Waals surface area contributed by atoms with Gasteiger partial charge in [-0.2, -0.15) is 0 Å². The molecule has 2 aromatic rings. The van der Waals surface area contributed by atoms with Gasteiger partial charge in [-0.05, 0) is 48.9 Å².